The van der Waals surface area contributed by atoms with Crippen LogP contribution in [0.25, 0.3) is 0 Å². The average molecular weight is 238 g/mol. The normalized spacial score (nSPS) is 13.8. The Kier molecular flexibility index (Phi) is 8.60. The van der Waals surface area contributed by atoms with Gasteiger partial charge in [-0.05, 0) is 19.4 Å². The summed E-state index contributed by atoms with van der Waals surface area (Å²) in [5, 5.41) is 17.3. The lowest BCUT2D eigenvalue weighted by molar-refractivity contribution is -0.137. The molecule has 2 N–H and O–H groups in total. The minimum absolute atomic E-state index is 0.0204. The third-order valence-electron chi connectivity index (χ3n) is 1.82. The minimum Gasteiger partial charge on any atom is -0.481 e. The lowest BCUT2D eigenvalue weighted by atomic mass is 10.1. The second kappa shape index (κ2) is 9.54. The molecule has 0 fully saturated rings. The van der Waals surface area contributed by atoms with Crippen LogP contribution in [0, 0.1) is 0 Å². The molecule has 0 heterocycles. The highest BCUT2D eigenvalue weighted by Gasteiger charge is 1.99. The molecule has 0 bridgehead atoms. The molecule has 0 aliphatic rings. The Morgan fingerprint density at radius 2 is 1.76 bits per heavy atom. The van der Waals surface area contributed by atoms with E-state index in [1.54, 1.807) is 37.3 Å². The van der Waals surface area contributed by atoms with Crippen LogP contribution in [0.5, 0.6) is 0 Å². The van der Waals surface area contributed by atoms with Crippen LogP contribution in [-0.4, -0.2) is 28.1 Å². The summed E-state index contributed by atoms with van der Waals surface area (Å²) >= 11 is 0. The smallest absolute Gasteiger partial charge is 0.303 e. The summed E-state index contributed by atoms with van der Waals surface area (Å²) < 4.78 is 0. The number of aliphatic hydroxyl groups is 1. The number of hydrogen-bond acceptors (Lipinski definition) is 3. The van der Waals surface area contributed by atoms with Gasteiger partial charge < -0.3 is 10.2 Å². The first kappa shape index (κ1) is 15.3. The summed E-state index contributed by atoms with van der Waals surface area (Å²) in [6.45, 7) is 1.64. The molecule has 4 nitrogen and oxygen atoms in total. The zero-order chi connectivity index (χ0) is 13.1. The van der Waals surface area contributed by atoms with Gasteiger partial charge in [0.15, 0.2) is 5.78 Å². The highest BCUT2D eigenvalue weighted by atomic mass is 16.4. The Hall–Kier alpha value is -1.68. The van der Waals surface area contributed by atoms with E-state index in [2.05, 4.69) is 0 Å². The Balaban J connectivity index is 3.77. The first-order chi connectivity index (χ1) is 8.02. The molecule has 0 aromatic rings. The molecule has 0 aromatic carbocycles. The summed E-state index contributed by atoms with van der Waals surface area (Å²) in [5.74, 6) is -0.972. The Bertz CT molecular complexity index is 324. The molecule has 17 heavy (non-hydrogen) atoms. The van der Waals surface area contributed by atoms with Crippen molar-refractivity contribution >= 4 is 11.8 Å². The average Bonchev–Trinajstić information content (AvgIpc) is 2.22. The maximum absolute atomic E-state index is 11.2. The molecular weight excluding hydrogens is 220 g/mol. The number of carboxylic acid groups (broad SMARTS) is 1. The maximum Gasteiger partial charge on any atom is 0.303 e. The monoisotopic (exact) mass is 238 g/mol. The number of carboxylic acids is 1. The van der Waals surface area contributed by atoms with Crippen LogP contribution in [0.4, 0.5) is 0 Å². The number of ketones is 1. The fourth-order valence-corrected chi connectivity index (χ4v) is 1.01. The zero-order valence-electron chi connectivity index (χ0n) is 9.87. The zero-order valence-corrected chi connectivity index (χ0v) is 9.87. The van der Waals surface area contributed by atoms with E-state index in [0.717, 1.165) is 0 Å². The summed E-state index contributed by atoms with van der Waals surface area (Å²) in [4.78, 5) is 21.4. The quantitative estimate of drug-likeness (QED) is 0.500. The van der Waals surface area contributed by atoms with Crippen LogP contribution in [-0.2, 0) is 9.59 Å². The molecule has 0 radical (unpaired) electrons. The van der Waals surface area contributed by atoms with E-state index in [4.69, 9.17) is 10.2 Å². The first-order valence-corrected chi connectivity index (χ1v) is 5.46. The van der Waals surface area contributed by atoms with E-state index in [-0.39, 0.29) is 18.6 Å². The number of carbonyl (C=O) groups excluding carboxylic acids is 1. The van der Waals surface area contributed by atoms with Gasteiger partial charge in [-0.15, -0.1) is 0 Å². The summed E-state index contributed by atoms with van der Waals surface area (Å²) in [6, 6.07) is 0. The number of carbonyl (C=O) groups is 2. The van der Waals surface area contributed by atoms with Crippen molar-refractivity contribution in [3.8, 4) is 0 Å². The molecule has 0 rings (SSSR count). The lowest BCUT2D eigenvalue weighted by Gasteiger charge is -1.92. The molecule has 0 amide bonds. The van der Waals surface area contributed by atoms with E-state index in [1.165, 1.54) is 6.08 Å². The summed E-state index contributed by atoms with van der Waals surface area (Å²) in [6.07, 6.45) is 9.83. The van der Waals surface area contributed by atoms with Crippen molar-refractivity contribution in [1.82, 2.24) is 0 Å². The van der Waals surface area contributed by atoms with Crippen molar-refractivity contribution in [2.75, 3.05) is 0 Å². The molecule has 94 valence electrons. The minimum atomic E-state index is -0.884. The molecule has 0 aromatic heterocycles. The molecule has 0 saturated heterocycles. The van der Waals surface area contributed by atoms with Gasteiger partial charge >= 0.3 is 5.97 Å². The van der Waals surface area contributed by atoms with E-state index in [1.807, 2.05) is 0 Å². The van der Waals surface area contributed by atoms with E-state index in [9.17, 15) is 9.59 Å². The first-order valence-electron chi connectivity index (χ1n) is 5.46. The highest BCUT2D eigenvalue weighted by molar-refractivity contribution is 5.90. The topological polar surface area (TPSA) is 74.6 Å². The van der Waals surface area contributed by atoms with Gasteiger partial charge in [0.25, 0.3) is 0 Å². The lowest BCUT2D eigenvalue weighted by Crippen LogP contribution is -1.97. The van der Waals surface area contributed by atoms with Crippen molar-refractivity contribution < 1.29 is 19.8 Å². The third kappa shape index (κ3) is 12.3. The van der Waals surface area contributed by atoms with Crippen LogP contribution in [0.3, 0.4) is 0 Å². The number of aliphatic carboxylic acids is 1. The van der Waals surface area contributed by atoms with Gasteiger partial charge in [0.1, 0.15) is 0 Å². The Morgan fingerprint density at radius 1 is 1.12 bits per heavy atom. The molecule has 1 unspecified atom stereocenters. The third-order valence-corrected chi connectivity index (χ3v) is 1.82. The molecular formula is C13H18O4. The molecule has 0 aliphatic carbocycles. The van der Waals surface area contributed by atoms with Gasteiger partial charge in [0.05, 0.1) is 6.10 Å². The Morgan fingerprint density at radius 3 is 2.35 bits per heavy atom. The van der Waals surface area contributed by atoms with Crippen molar-refractivity contribution in [2.45, 2.75) is 32.3 Å². The van der Waals surface area contributed by atoms with Gasteiger partial charge in [-0.3, -0.25) is 9.59 Å². The molecule has 0 spiro atoms. The van der Waals surface area contributed by atoms with Gasteiger partial charge in [-0.1, -0.05) is 30.4 Å². The summed E-state index contributed by atoms with van der Waals surface area (Å²) in [7, 11) is 0. The van der Waals surface area contributed by atoms with E-state index in [0.29, 0.717) is 6.42 Å². The second-order valence-electron chi connectivity index (χ2n) is 3.58. The van der Waals surface area contributed by atoms with E-state index < -0.39 is 12.1 Å². The van der Waals surface area contributed by atoms with Crippen molar-refractivity contribution in [3.63, 3.8) is 0 Å². The van der Waals surface area contributed by atoms with Crippen molar-refractivity contribution in [3.05, 3.63) is 36.5 Å². The standard InChI is InChI=1S/C13H18O4/c1-11(14)7-4-2-3-5-8-12(15)9-6-10-13(16)17/h2-5,7-8,11,14H,6,9-10H2,1H3,(H,16,17). The maximum atomic E-state index is 11.2. The highest BCUT2D eigenvalue weighted by Crippen LogP contribution is 1.97. The number of hydrogen-bond donors (Lipinski definition) is 2. The fourth-order valence-electron chi connectivity index (χ4n) is 1.01. The van der Waals surface area contributed by atoms with Gasteiger partial charge in [-0.25, -0.2) is 0 Å². The van der Waals surface area contributed by atoms with Crippen molar-refractivity contribution in [1.29, 1.82) is 0 Å². The largest absolute Gasteiger partial charge is 0.481 e. The van der Waals surface area contributed by atoms with Crippen LogP contribution in [0.2, 0.25) is 0 Å². The predicted octanol–water partition coefficient (Wildman–Crippen LogP) is 1.86. The van der Waals surface area contributed by atoms with Gasteiger partial charge in [0.2, 0.25) is 0 Å². The van der Waals surface area contributed by atoms with Crippen molar-refractivity contribution in [2.24, 2.45) is 0 Å². The number of rotatable bonds is 8. The van der Waals surface area contributed by atoms with Crippen LogP contribution in [0.1, 0.15) is 26.2 Å². The molecule has 4 heteroatoms. The molecule has 1 atom stereocenters. The Labute approximate surface area is 101 Å². The molecule has 0 saturated carbocycles. The summed E-state index contributed by atoms with van der Waals surface area (Å²) in [5.41, 5.74) is 0. The van der Waals surface area contributed by atoms with E-state index >= 15 is 0 Å². The fraction of sp³-hybridized carbons (Fsp3) is 0.385. The van der Waals surface area contributed by atoms with Crippen LogP contribution >= 0.6 is 0 Å². The SMILES string of the molecule is CC(O)C=CC=CC=CC(=O)CCCC(=O)O. The van der Waals surface area contributed by atoms with Gasteiger partial charge in [0, 0.05) is 12.8 Å². The van der Waals surface area contributed by atoms with Crippen LogP contribution < -0.4 is 0 Å². The predicted molar refractivity (Wildman–Crippen MR) is 65.6 cm³/mol. The van der Waals surface area contributed by atoms with Crippen LogP contribution in [0.15, 0.2) is 36.5 Å². The number of aliphatic hydroxyl groups excluding tert-OH is 1. The van der Waals surface area contributed by atoms with Gasteiger partial charge in [-0.2, -0.15) is 0 Å². The second-order valence-corrected chi connectivity index (χ2v) is 3.58. The molecule has 0 aliphatic heterocycles. The number of allylic oxidation sites excluding steroid dienone is 5.